The number of carbonyl (C=O) groups excluding carboxylic acids is 2. The van der Waals surface area contributed by atoms with Gasteiger partial charge in [-0.05, 0) is 35.0 Å². The van der Waals surface area contributed by atoms with Gasteiger partial charge in [-0.2, -0.15) is 0 Å². The van der Waals surface area contributed by atoms with Crippen LogP contribution in [0.25, 0.3) is 10.8 Å². The number of ether oxygens (including phenoxy) is 4. The van der Waals surface area contributed by atoms with Gasteiger partial charge in [0.25, 0.3) is 5.91 Å². The normalized spacial score (nSPS) is 14.7. The van der Waals surface area contributed by atoms with Crippen LogP contribution < -0.4 is 19.5 Å². The topological polar surface area (TPSA) is 83.1 Å². The highest BCUT2D eigenvalue weighted by molar-refractivity contribution is 5.84. The van der Waals surface area contributed by atoms with E-state index >= 15 is 0 Å². The zero-order valence-corrected chi connectivity index (χ0v) is 16.2. The Labute approximate surface area is 173 Å². The van der Waals surface area contributed by atoms with Crippen molar-refractivity contribution < 1.29 is 28.5 Å². The van der Waals surface area contributed by atoms with E-state index in [-0.39, 0.29) is 25.9 Å². The molecule has 7 nitrogen and oxygen atoms in total. The van der Waals surface area contributed by atoms with Gasteiger partial charge in [0, 0.05) is 0 Å². The van der Waals surface area contributed by atoms with Crippen LogP contribution in [-0.2, 0) is 14.3 Å². The third-order valence-electron chi connectivity index (χ3n) is 4.54. The molecule has 0 aromatic heterocycles. The van der Waals surface area contributed by atoms with Gasteiger partial charge in [-0.1, -0.05) is 42.5 Å². The van der Waals surface area contributed by atoms with Gasteiger partial charge in [-0.15, -0.1) is 0 Å². The summed E-state index contributed by atoms with van der Waals surface area (Å²) in [7, 11) is 0. The van der Waals surface area contributed by atoms with Crippen molar-refractivity contribution >= 4 is 22.6 Å². The molecule has 1 heterocycles. The highest BCUT2D eigenvalue weighted by Gasteiger charge is 2.21. The maximum absolute atomic E-state index is 11.9. The van der Waals surface area contributed by atoms with E-state index in [1.807, 2.05) is 54.6 Å². The van der Waals surface area contributed by atoms with Crippen molar-refractivity contribution in [1.29, 1.82) is 0 Å². The number of hydrogen-bond donors (Lipinski definition) is 1. The second-order valence-corrected chi connectivity index (χ2v) is 6.76. The molecule has 3 aromatic rings. The van der Waals surface area contributed by atoms with Crippen molar-refractivity contribution in [1.82, 2.24) is 5.32 Å². The van der Waals surface area contributed by atoms with E-state index in [0.29, 0.717) is 23.9 Å². The van der Waals surface area contributed by atoms with Crippen LogP contribution >= 0.6 is 0 Å². The first kappa shape index (κ1) is 19.6. The van der Waals surface area contributed by atoms with Crippen LogP contribution in [0.15, 0.2) is 66.7 Å². The van der Waals surface area contributed by atoms with Crippen LogP contribution in [0, 0.1) is 0 Å². The number of fused-ring (bicyclic) bond motifs is 2. The minimum atomic E-state index is -0.621. The molecule has 0 unspecified atom stereocenters. The predicted octanol–water partition coefficient (Wildman–Crippen LogP) is 2.72. The number of rotatable bonds is 7. The molecule has 0 saturated heterocycles. The van der Waals surface area contributed by atoms with E-state index in [1.165, 1.54) is 0 Å². The Morgan fingerprint density at radius 1 is 0.933 bits per heavy atom. The van der Waals surface area contributed by atoms with E-state index in [0.717, 1.165) is 10.8 Å². The number of benzene rings is 3. The van der Waals surface area contributed by atoms with Crippen molar-refractivity contribution in [3.05, 3.63) is 66.7 Å². The van der Waals surface area contributed by atoms with Crippen LogP contribution in [0.4, 0.5) is 0 Å². The minimum Gasteiger partial charge on any atom is -0.486 e. The molecule has 1 aliphatic rings. The second kappa shape index (κ2) is 9.17. The number of amides is 1. The number of carbonyl (C=O) groups is 2. The molecule has 0 aliphatic carbocycles. The van der Waals surface area contributed by atoms with E-state index in [4.69, 9.17) is 18.9 Å². The number of nitrogens with one attached hydrogen (secondary N) is 1. The minimum absolute atomic E-state index is 0.248. The molecule has 1 aliphatic heterocycles. The lowest BCUT2D eigenvalue weighted by atomic mass is 10.1. The standard InChI is InChI=1S/C23H21NO6/c25-22(24-12-19-13-28-20-7-3-4-8-21(20)30-19)14-29-23(26)15-27-18-10-9-16-5-1-2-6-17(16)11-18/h1-11,19H,12-15H2,(H,24,25)/t19-/m0/s1. The summed E-state index contributed by atoms with van der Waals surface area (Å²) >= 11 is 0. The molecule has 0 fully saturated rings. The van der Waals surface area contributed by atoms with Gasteiger partial charge in [-0.25, -0.2) is 4.79 Å². The molecule has 30 heavy (non-hydrogen) atoms. The van der Waals surface area contributed by atoms with Gasteiger partial charge in [0.15, 0.2) is 24.7 Å². The van der Waals surface area contributed by atoms with Crippen molar-refractivity contribution in [2.45, 2.75) is 6.10 Å². The average Bonchev–Trinajstić information content (AvgIpc) is 2.79. The first-order valence-electron chi connectivity index (χ1n) is 9.60. The highest BCUT2D eigenvalue weighted by atomic mass is 16.6. The molecule has 7 heteroatoms. The predicted molar refractivity (Wildman–Crippen MR) is 110 cm³/mol. The Bertz CT molecular complexity index is 1050. The summed E-state index contributed by atoms with van der Waals surface area (Å²) in [5.74, 6) is 0.839. The van der Waals surface area contributed by atoms with Gasteiger partial charge < -0.3 is 24.3 Å². The van der Waals surface area contributed by atoms with E-state index in [1.54, 1.807) is 12.1 Å². The Morgan fingerprint density at radius 2 is 1.70 bits per heavy atom. The van der Waals surface area contributed by atoms with Crippen molar-refractivity contribution in [2.75, 3.05) is 26.4 Å². The van der Waals surface area contributed by atoms with Gasteiger partial charge in [0.1, 0.15) is 18.5 Å². The summed E-state index contributed by atoms with van der Waals surface area (Å²) in [5, 5.41) is 4.77. The fourth-order valence-corrected chi connectivity index (χ4v) is 3.03. The molecule has 0 radical (unpaired) electrons. The summed E-state index contributed by atoms with van der Waals surface area (Å²) in [5.41, 5.74) is 0. The van der Waals surface area contributed by atoms with Crippen LogP contribution in [0.1, 0.15) is 0 Å². The molecular formula is C23H21NO6. The Hall–Kier alpha value is -3.74. The molecule has 0 spiro atoms. The molecule has 0 saturated carbocycles. The molecule has 154 valence electrons. The first-order valence-corrected chi connectivity index (χ1v) is 9.60. The summed E-state index contributed by atoms with van der Waals surface area (Å²) in [6.45, 7) is -0.0823. The monoisotopic (exact) mass is 407 g/mol. The zero-order valence-electron chi connectivity index (χ0n) is 16.2. The lowest BCUT2D eigenvalue weighted by molar-refractivity contribution is -0.150. The summed E-state index contributed by atoms with van der Waals surface area (Å²) in [6, 6.07) is 20.7. The van der Waals surface area contributed by atoms with Crippen molar-refractivity contribution in [2.24, 2.45) is 0 Å². The largest absolute Gasteiger partial charge is 0.486 e. The van der Waals surface area contributed by atoms with Crippen molar-refractivity contribution in [3.8, 4) is 17.2 Å². The molecule has 1 atom stereocenters. The number of para-hydroxylation sites is 2. The number of esters is 1. The molecule has 1 N–H and O–H groups in total. The van der Waals surface area contributed by atoms with Gasteiger partial charge in [0.2, 0.25) is 0 Å². The third kappa shape index (κ3) is 5.00. The fraction of sp³-hybridized carbons (Fsp3) is 0.217. The lowest BCUT2D eigenvalue weighted by Crippen LogP contribution is -2.42. The lowest BCUT2D eigenvalue weighted by Gasteiger charge is -2.26. The van der Waals surface area contributed by atoms with Crippen LogP contribution in [0.2, 0.25) is 0 Å². The number of hydrogen-bond acceptors (Lipinski definition) is 6. The second-order valence-electron chi connectivity index (χ2n) is 6.76. The van der Waals surface area contributed by atoms with Crippen molar-refractivity contribution in [3.63, 3.8) is 0 Å². The van der Waals surface area contributed by atoms with E-state index in [2.05, 4.69) is 5.32 Å². The molecule has 1 amide bonds. The Balaban J connectivity index is 1.16. The average molecular weight is 407 g/mol. The summed E-state index contributed by atoms with van der Waals surface area (Å²) in [6.07, 6.45) is -0.309. The smallest absolute Gasteiger partial charge is 0.344 e. The highest BCUT2D eigenvalue weighted by Crippen LogP contribution is 2.30. The molecular weight excluding hydrogens is 386 g/mol. The SMILES string of the molecule is O=C(COC(=O)COc1ccc2ccccc2c1)NC[C@H]1COc2ccccc2O1. The summed E-state index contributed by atoms with van der Waals surface area (Å²) < 4.78 is 21.8. The van der Waals surface area contributed by atoms with Gasteiger partial charge >= 0.3 is 5.97 Å². The zero-order chi connectivity index (χ0) is 20.8. The maximum atomic E-state index is 11.9. The maximum Gasteiger partial charge on any atom is 0.344 e. The molecule has 4 rings (SSSR count). The fourth-order valence-electron chi connectivity index (χ4n) is 3.03. The first-order chi connectivity index (χ1) is 14.7. The molecule has 3 aromatic carbocycles. The molecule has 0 bridgehead atoms. The quantitative estimate of drug-likeness (QED) is 0.607. The van der Waals surface area contributed by atoms with Crippen LogP contribution in [-0.4, -0.2) is 44.3 Å². The third-order valence-corrected chi connectivity index (χ3v) is 4.54. The van der Waals surface area contributed by atoms with Gasteiger partial charge in [-0.3, -0.25) is 4.79 Å². The van der Waals surface area contributed by atoms with Crippen LogP contribution in [0.5, 0.6) is 17.2 Å². The van der Waals surface area contributed by atoms with E-state index in [9.17, 15) is 9.59 Å². The van der Waals surface area contributed by atoms with Gasteiger partial charge in [0.05, 0.1) is 6.54 Å². The Morgan fingerprint density at radius 3 is 2.57 bits per heavy atom. The Kier molecular flexibility index (Phi) is 5.98. The van der Waals surface area contributed by atoms with Crippen LogP contribution in [0.3, 0.4) is 0 Å². The summed E-state index contributed by atoms with van der Waals surface area (Å²) in [4.78, 5) is 23.8. The van der Waals surface area contributed by atoms with E-state index < -0.39 is 11.9 Å².